The van der Waals surface area contributed by atoms with E-state index in [0.29, 0.717) is 5.92 Å². The van der Waals surface area contributed by atoms with Crippen LogP contribution in [-0.2, 0) is 0 Å². The Kier molecular flexibility index (Phi) is 23.7. The molecule has 0 aromatic rings. The number of hydrogen-bond donors (Lipinski definition) is 0. The van der Waals surface area contributed by atoms with Gasteiger partial charge in [0.15, 0.2) is 0 Å². The van der Waals surface area contributed by atoms with Crippen LogP contribution in [-0.4, -0.2) is 0 Å². The highest BCUT2D eigenvalue weighted by molar-refractivity contribution is 5.25. The molecule has 0 saturated carbocycles. The lowest BCUT2D eigenvalue weighted by Gasteiger charge is -2.23. The van der Waals surface area contributed by atoms with E-state index in [0.717, 1.165) is 24.2 Å². The monoisotopic (exact) mass is 374 g/mol. The van der Waals surface area contributed by atoms with Crippen molar-refractivity contribution in [2.45, 2.75) is 87.0 Å². The van der Waals surface area contributed by atoms with E-state index >= 15 is 0 Å². The average molecular weight is 375 g/mol. The molecule has 27 heavy (non-hydrogen) atoms. The third-order valence-corrected chi connectivity index (χ3v) is 5.46. The van der Waals surface area contributed by atoms with Gasteiger partial charge in [-0.05, 0) is 49.9 Å². The first-order chi connectivity index (χ1) is 12.7. The summed E-state index contributed by atoms with van der Waals surface area (Å²) in [5.41, 5.74) is 2.43. The second-order valence-electron chi connectivity index (χ2n) is 7.85. The smallest absolute Gasteiger partial charge is 0.0196 e. The topological polar surface area (TPSA) is 0 Å². The van der Waals surface area contributed by atoms with Crippen molar-refractivity contribution in [3.05, 3.63) is 62.3 Å². The van der Waals surface area contributed by atoms with Crippen LogP contribution in [0.15, 0.2) is 62.3 Å². The Hall–Kier alpha value is -1.30. The summed E-state index contributed by atoms with van der Waals surface area (Å²) in [6.45, 7) is 33.5. The number of allylic oxidation sites excluding steroid dienone is 5. The maximum absolute atomic E-state index is 4.23. The second-order valence-corrected chi connectivity index (χ2v) is 7.85. The van der Waals surface area contributed by atoms with Gasteiger partial charge in [0.25, 0.3) is 0 Å². The van der Waals surface area contributed by atoms with Crippen LogP contribution in [0.25, 0.3) is 0 Å². The van der Waals surface area contributed by atoms with Gasteiger partial charge >= 0.3 is 0 Å². The van der Waals surface area contributed by atoms with Gasteiger partial charge in [-0.3, -0.25) is 0 Å². The zero-order chi connectivity index (χ0) is 21.8. The van der Waals surface area contributed by atoms with Gasteiger partial charge in [0, 0.05) is 0 Å². The molecule has 0 saturated heterocycles. The summed E-state index contributed by atoms with van der Waals surface area (Å²) in [6, 6.07) is 0. The molecule has 158 valence electrons. The molecule has 0 amide bonds. The van der Waals surface area contributed by atoms with Crippen LogP contribution in [0.1, 0.15) is 87.0 Å². The molecule has 0 aliphatic carbocycles. The quantitative estimate of drug-likeness (QED) is 0.235. The van der Waals surface area contributed by atoms with Crippen LogP contribution in [0, 0.1) is 23.7 Å². The molecule has 0 aromatic carbocycles. The lowest BCUT2D eigenvalue weighted by Crippen LogP contribution is -2.11. The van der Waals surface area contributed by atoms with Gasteiger partial charge in [-0.25, -0.2) is 0 Å². The fourth-order valence-electron chi connectivity index (χ4n) is 2.53. The molecule has 0 bridgehead atoms. The molecule has 0 aliphatic heterocycles. The van der Waals surface area contributed by atoms with Crippen LogP contribution in [0.2, 0.25) is 0 Å². The van der Waals surface area contributed by atoms with Crippen molar-refractivity contribution in [1.82, 2.24) is 0 Å². The van der Waals surface area contributed by atoms with Crippen LogP contribution in [0.4, 0.5) is 0 Å². The zero-order valence-corrected chi connectivity index (χ0v) is 19.8. The van der Waals surface area contributed by atoms with Crippen molar-refractivity contribution in [2.24, 2.45) is 23.7 Å². The first-order valence-corrected chi connectivity index (χ1v) is 10.8. The summed E-state index contributed by atoms with van der Waals surface area (Å²) in [6.07, 6.45) is 13.7. The lowest BCUT2D eigenvalue weighted by molar-refractivity contribution is 0.301. The molecule has 0 nitrogen and oxygen atoms in total. The molecule has 0 spiro atoms. The summed E-state index contributed by atoms with van der Waals surface area (Å²) in [7, 11) is 0. The van der Waals surface area contributed by atoms with E-state index in [4.69, 9.17) is 0 Å². The highest BCUT2D eigenvalue weighted by Crippen LogP contribution is 2.27. The Morgan fingerprint density at radius 3 is 1.67 bits per heavy atom. The van der Waals surface area contributed by atoms with Gasteiger partial charge < -0.3 is 0 Å². The Bertz CT molecular complexity index is 398. The Labute approximate surface area is 173 Å². The minimum Gasteiger partial charge on any atom is -0.106 e. The van der Waals surface area contributed by atoms with Crippen molar-refractivity contribution in [3.8, 4) is 0 Å². The Balaban J connectivity index is -0.00000104. The van der Waals surface area contributed by atoms with Crippen molar-refractivity contribution < 1.29 is 0 Å². The first-order valence-electron chi connectivity index (χ1n) is 10.8. The third kappa shape index (κ3) is 19.3. The van der Waals surface area contributed by atoms with Crippen molar-refractivity contribution >= 4 is 0 Å². The normalized spacial score (nSPS) is 14.6. The lowest BCUT2D eigenvalue weighted by atomic mass is 9.83. The summed E-state index contributed by atoms with van der Waals surface area (Å²) in [5.74, 6) is 3.11. The van der Waals surface area contributed by atoms with Gasteiger partial charge in [-0.2, -0.15) is 0 Å². The van der Waals surface area contributed by atoms with Crippen molar-refractivity contribution in [1.29, 1.82) is 0 Å². The predicted octanol–water partition coefficient (Wildman–Crippen LogP) is 9.57. The molecule has 4 atom stereocenters. The van der Waals surface area contributed by atoms with E-state index in [-0.39, 0.29) is 0 Å². The van der Waals surface area contributed by atoms with E-state index in [9.17, 15) is 0 Å². The summed E-state index contributed by atoms with van der Waals surface area (Å²) in [5, 5.41) is 0. The highest BCUT2D eigenvalue weighted by Gasteiger charge is 2.15. The van der Waals surface area contributed by atoms with E-state index in [2.05, 4.69) is 86.6 Å². The van der Waals surface area contributed by atoms with Crippen LogP contribution in [0.5, 0.6) is 0 Å². The first kappa shape index (κ1) is 30.4. The largest absolute Gasteiger partial charge is 0.106 e. The third-order valence-electron chi connectivity index (χ3n) is 5.46. The SMILES string of the molecule is C=C.C=C(/C=C\C(=C)C(C)CCC(C)C(C)CCC(C)CC)CC.C=CC. The van der Waals surface area contributed by atoms with Gasteiger partial charge in [0.2, 0.25) is 0 Å². The van der Waals surface area contributed by atoms with Gasteiger partial charge in [0.05, 0.1) is 0 Å². The molecule has 0 radical (unpaired) electrons. The van der Waals surface area contributed by atoms with E-state index in [1.54, 1.807) is 6.08 Å². The Morgan fingerprint density at radius 1 is 0.815 bits per heavy atom. The maximum atomic E-state index is 4.23. The van der Waals surface area contributed by atoms with Gasteiger partial charge in [-0.1, -0.05) is 103 Å². The standard InChI is InChI=1S/C22H40.C3H6.C2H4/c1-9-17(3)11-13-19(5)21(7)15-16-22(8)20(6)14-12-18(4)10-2;1-3-2;1-2/h11,13,18,20-22H,3,5,9-10,12,14-16H2,1-2,4,6-8H3;3H,1H2,2H3;1-2H2/b13-11-;;. The van der Waals surface area contributed by atoms with E-state index in [1.807, 2.05) is 6.92 Å². The minimum absolute atomic E-state index is 0.574. The number of rotatable bonds is 12. The van der Waals surface area contributed by atoms with Crippen molar-refractivity contribution in [3.63, 3.8) is 0 Å². The molecule has 4 unspecified atom stereocenters. The van der Waals surface area contributed by atoms with E-state index < -0.39 is 0 Å². The highest BCUT2D eigenvalue weighted by atomic mass is 14.2. The van der Waals surface area contributed by atoms with E-state index in [1.165, 1.54) is 43.3 Å². The molecule has 0 heterocycles. The fourth-order valence-corrected chi connectivity index (χ4v) is 2.53. The molecule has 0 N–H and O–H groups in total. The molecular weight excluding hydrogens is 324 g/mol. The average Bonchev–Trinajstić information content (AvgIpc) is 2.69. The second kappa shape index (κ2) is 21.0. The molecule has 0 rings (SSSR count). The minimum atomic E-state index is 0.574. The fraction of sp³-hybridized carbons (Fsp3) is 0.630. The van der Waals surface area contributed by atoms with Crippen LogP contribution in [0.3, 0.4) is 0 Å². The zero-order valence-electron chi connectivity index (χ0n) is 19.8. The molecular formula is C27H50. The summed E-state index contributed by atoms with van der Waals surface area (Å²) < 4.78 is 0. The number of hydrogen-bond acceptors (Lipinski definition) is 0. The molecule has 0 aliphatic rings. The van der Waals surface area contributed by atoms with Crippen molar-refractivity contribution in [2.75, 3.05) is 0 Å². The predicted molar refractivity (Wildman–Crippen MR) is 130 cm³/mol. The maximum Gasteiger partial charge on any atom is -0.0196 e. The molecule has 0 fully saturated rings. The van der Waals surface area contributed by atoms with Gasteiger partial charge in [-0.15, -0.1) is 19.7 Å². The molecule has 0 aromatic heterocycles. The molecule has 0 heteroatoms. The van der Waals surface area contributed by atoms with Crippen LogP contribution < -0.4 is 0 Å². The van der Waals surface area contributed by atoms with Crippen LogP contribution >= 0.6 is 0 Å². The Morgan fingerprint density at radius 2 is 1.26 bits per heavy atom. The van der Waals surface area contributed by atoms with Gasteiger partial charge in [0.1, 0.15) is 0 Å². The summed E-state index contributed by atoms with van der Waals surface area (Å²) >= 11 is 0. The summed E-state index contributed by atoms with van der Waals surface area (Å²) in [4.78, 5) is 0.